The third-order valence-electron chi connectivity index (χ3n) is 4.46. The van der Waals surface area contributed by atoms with E-state index in [1.807, 2.05) is 79.0 Å². The molecule has 0 aromatic heterocycles. The van der Waals surface area contributed by atoms with Gasteiger partial charge in [0.15, 0.2) is 0 Å². The van der Waals surface area contributed by atoms with Crippen LogP contribution in [0.15, 0.2) is 30.3 Å². The van der Waals surface area contributed by atoms with Gasteiger partial charge in [0, 0.05) is 12.8 Å². The van der Waals surface area contributed by atoms with Crippen LogP contribution in [-0.4, -0.2) is 115 Å². The van der Waals surface area contributed by atoms with E-state index < -0.39 is 6.04 Å². The Labute approximate surface area is 276 Å². The molecule has 0 aliphatic heterocycles. The lowest BCUT2D eigenvalue weighted by Gasteiger charge is -2.18. The zero-order valence-corrected chi connectivity index (χ0v) is 29.6. The van der Waals surface area contributed by atoms with Crippen LogP contribution in [-0.2, 0) is 40.0 Å². The van der Waals surface area contributed by atoms with Gasteiger partial charge in [-0.1, -0.05) is 65.0 Å². The van der Waals surface area contributed by atoms with Crippen molar-refractivity contribution in [1.82, 2.24) is 31.9 Å². The molecule has 7 N–H and O–H groups in total. The number of carboxylic acid groups (broad SMARTS) is 1. The Morgan fingerprint density at radius 3 is 1.59 bits per heavy atom. The summed E-state index contributed by atoms with van der Waals surface area (Å²) in [5.74, 6) is -0.109. The Morgan fingerprint density at radius 1 is 0.826 bits per heavy atom. The predicted molar refractivity (Wildman–Crippen MR) is 185 cm³/mol. The third-order valence-corrected chi connectivity index (χ3v) is 4.46. The molecule has 268 valence electrons. The van der Waals surface area contributed by atoms with Crippen LogP contribution in [0.1, 0.15) is 53.0 Å². The van der Waals surface area contributed by atoms with Crippen LogP contribution in [0.2, 0.25) is 0 Å². The maximum absolute atomic E-state index is 11.9. The number of rotatable bonds is 15. The smallest absolute Gasteiger partial charge is 0.290 e. The van der Waals surface area contributed by atoms with Crippen LogP contribution in [0, 0.1) is 5.92 Å². The lowest BCUT2D eigenvalue weighted by atomic mass is 10.1. The average Bonchev–Trinajstić information content (AvgIpc) is 3.04. The number of carbonyl (C=O) groups excluding carboxylic acids is 6. The van der Waals surface area contributed by atoms with Crippen LogP contribution < -0.4 is 31.9 Å². The lowest BCUT2D eigenvalue weighted by Crippen LogP contribution is -2.50. The Bertz CT molecular complexity index is 811. The average molecular weight is 659 g/mol. The largest absolute Gasteiger partial charge is 0.483 e. The normalized spacial score (nSPS) is 9.80. The molecule has 0 spiro atoms. The molecule has 14 heteroatoms. The van der Waals surface area contributed by atoms with Crippen molar-refractivity contribution in [3.63, 3.8) is 0 Å². The van der Waals surface area contributed by atoms with Crippen LogP contribution in [0.4, 0.5) is 0 Å². The number of aldehydes is 4. The minimum atomic E-state index is -0.696. The quantitative estimate of drug-likeness (QED) is 0.129. The fourth-order valence-corrected chi connectivity index (χ4v) is 2.37. The van der Waals surface area contributed by atoms with Crippen molar-refractivity contribution in [2.75, 3.05) is 54.9 Å². The molecule has 14 nitrogen and oxygen atoms in total. The highest BCUT2D eigenvalue weighted by molar-refractivity contribution is 5.89. The molecule has 0 aliphatic carbocycles. The van der Waals surface area contributed by atoms with Crippen LogP contribution >= 0.6 is 0 Å². The first-order valence-electron chi connectivity index (χ1n) is 15.0. The molecule has 0 aliphatic rings. The van der Waals surface area contributed by atoms with Crippen molar-refractivity contribution in [3.8, 4) is 0 Å². The molecular weight excluding hydrogens is 596 g/mol. The zero-order valence-electron chi connectivity index (χ0n) is 29.6. The Kier molecular flexibility index (Phi) is 60.3. The van der Waals surface area contributed by atoms with Gasteiger partial charge in [0.05, 0.1) is 25.7 Å². The van der Waals surface area contributed by atoms with E-state index in [0.717, 1.165) is 30.8 Å². The number of amides is 2. The van der Waals surface area contributed by atoms with Crippen LogP contribution in [0.5, 0.6) is 0 Å². The van der Waals surface area contributed by atoms with Gasteiger partial charge in [-0.25, -0.2) is 0 Å². The van der Waals surface area contributed by atoms with Crippen molar-refractivity contribution < 1.29 is 38.7 Å². The fourth-order valence-electron chi connectivity index (χ4n) is 2.37. The number of carbonyl (C=O) groups is 7. The standard InChI is InChI=1S/C14H19N3O3.C5H11NO.C5H10O.C3H7NO.C2H7N.C2H6.CH2O2/c1-15-10-13(19)17-12(14(20)16-7-8-18)9-11-5-3-2-4-6-11;1-3-5(4-7)6-2;1-5(2)3-4-6;1-4-2-3-5;1-3-2;1-2;2-1-3/h2-6,8,12,15H,7,9-10H2,1H3,(H,16,20)(H,17,19);4-6H,3H2,1-2H3;4-5H,3H2,1-2H3;3-4H,2H2,1H3;3H,1-2H3;1-2H3;1H,(H,2,3). The summed E-state index contributed by atoms with van der Waals surface area (Å²) in [4.78, 5) is 71.1. The fraction of sp³-hybridized carbons (Fsp3) is 0.594. The van der Waals surface area contributed by atoms with E-state index >= 15 is 0 Å². The van der Waals surface area contributed by atoms with Gasteiger partial charge < -0.3 is 56.2 Å². The van der Waals surface area contributed by atoms with Gasteiger partial charge in [-0.2, -0.15) is 0 Å². The van der Waals surface area contributed by atoms with Gasteiger partial charge in [-0.05, 0) is 53.1 Å². The number of hydrogen-bond donors (Lipinski definition) is 7. The SMILES string of the molecule is CC.CC(C)CC=O.CCC(C=O)NC.CNC.CNCC(=O)NC(Cc1ccccc1)C(=O)NCC=O.CNCC=O.O=CO. The minimum Gasteiger partial charge on any atom is -0.483 e. The molecule has 1 rings (SSSR count). The Morgan fingerprint density at radius 2 is 1.33 bits per heavy atom. The lowest BCUT2D eigenvalue weighted by molar-refractivity contribution is -0.128. The van der Waals surface area contributed by atoms with E-state index in [1.165, 1.54) is 0 Å². The monoisotopic (exact) mass is 658 g/mol. The van der Waals surface area contributed by atoms with Gasteiger partial charge >= 0.3 is 0 Å². The van der Waals surface area contributed by atoms with E-state index in [4.69, 9.17) is 9.90 Å². The van der Waals surface area contributed by atoms with Gasteiger partial charge in [0.2, 0.25) is 11.8 Å². The predicted octanol–water partition coefficient (Wildman–Crippen LogP) is 0.630. The molecule has 0 saturated heterocycles. The molecular formula is C32H62N6O8. The first kappa shape index (κ1) is 54.6. The summed E-state index contributed by atoms with van der Waals surface area (Å²) in [6.45, 7) is 10.3. The van der Waals surface area contributed by atoms with Crippen molar-refractivity contribution in [2.24, 2.45) is 5.92 Å². The minimum absolute atomic E-state index is 0.0556. The molecule has 0 radical (unpaired) electrons. The third kappa shape index (κ3) is 52.8. The van der Waals surface area contributed by atoms with Crippen molar-refractivity contribution >= 4 is 43.4 Å². The summed E-state index contributed by atoms with van der Waals surface area (Å²) in [6.07, 6.45) is 5.23. The van der Waals surface area contributed by atoms with Crippen molar-refractivity contribution in [1.29, 1.82) is 0 Å². The van der Waals surface area contributed by atoms with Crippen molar-refractivity contribution in [2.45, 2.75) is 66.0 Å². The number of nitrogens with one attached hydrogen (secondary N) is 6. The number of likely N-dealkylation sites (N-methyl/N-ethyl adjacent to an activating group) is 3. The summed E-state index contributed by atoms with van der Waals surface area (Å²) in [5, 5.41) is 22.9. The van der Waals surface area contributed by atoms with Gasteiger partial charge in [0.25, 0.3) is 6.47 Å². The molecule has 1 aromatic rings. The second kappa shape index (κ2) is 50.8. The summed E-state index contributed by atoms with van der Waals surface area (Å²) < 4.78 is 0. The maximum atomic E-state index is 11.9. The summed E-state index contributed by atoms with van der Waals surface area (Å²) >= 11 is 0. The van der Waals surface area contributed by atoms with E-state index in [1.54, 1.807) is 21.1 Å². The summed E-state index contributed by atoms with van der Waals surface area (Å²) in [5.41, 5.74) is 0.934. The Balaban J connectivity index is -0.000000126. The van der Waals surface area contributed by atoms with Gasteiger partial charge in [0.1, 0.15) is 31.2 Å². The highest BCUT2D eigenvalue weighted by Gasteiger charge is 2.20. The number of hydrogen-bond acceptors (Lipinski definition) is 11. The molecule has 2 atom stereocenters. The first-order valence-corrected chi connectivity index (χ1v) is 15.0. The molecule has 2 unspecified atom stereocenters. The molecule has 0 fully saturated rings. The van der Waals surface area contributed by atoms with Crippen molar-refractivity contribution in [3.05, 3.63) is 35.9 Å². The zero-order chi connectivity index (χ0) is 37.0. The van der Waals surface area contributed by atoms with Gasteiger partial charge in [-0.15, -0.1) is 0 Å². The molecule has 0 saturated carbocycles. The van der Waals surface area contributed by atoms with Crippen LogP contribution in [0.25, 0.3) is 0 Å². The molecule has 0 bridgehead atoms. The van der Waals surface area contributed by atoms with E-state index in [0.29, 0.717) is 31.6 Å². The number of benzene rings is 1. The van der Waals surface area contributed by atoms with E-state index in [9.17, 15) is 28.8 Å². The highest BCUT2D eigenvalue weighted by Crippen LogP contribution is 2.03. The van der Waals surface area contributed by atoms with E-state index in [2.05, 4.69) is 31.9 Å². The second-order valence-corrected chi connectivity index (χ2v) is 8.82. The summed E-state index contributed by atoms with van der Waals surface area (Å²) in [6, 6.07) is 8.73. The summed E-state index contributed by atoms with van der Waals surface area (Å²) in [7, 11) is 8.91. The maximum Gasteiger partial charge on any atom is 0.290 e. The van der Waals surface area contributed by atoms with Crippen LogP contribution in [0.3, 0.4) is 0 Å². The first-order chi connectivity index (χ1) is 22.0. The molecule has 1 aromatic carbocycles. The Hall–Kier alpha value is -3.85. The molecule has 0 heterocycles. The topological polar surface area (TPSA) is 212 Å². The molecule has 2 amide bonds. The second-order valence-electron chi connectivity index (χ2n) is 8.82. The highest BCUT2D eigenvalue weighted by atomic mass is 16.3. The van der Waals surface area contributed by atoms with Gasteiger partial charge in [-0.3, -0.25) is 14.4 Å². The van der Waals surface area contributed by atoms with E-state index in [-0.39, 0.29) is 37.4 Å². The molecule has 46 heavy (non-hydrogen) atoms.